The molecule has 0 aliphatic heterocycles. The second-order valence-electron chi connectivity index (χ2n) is 4.54. The van der Waals surface area contributed by atoms with Gasteiger partial charge in [-0.15, -0.1) is 0 Å². The van der Waals surface area contributed by atoms with E-state index in [4.69, 9.17) is 4.42 Å². The van der Waals surface area contributed by atoms with Gasteiger partial charge in [-0.25, -0.2) is 4.79 Å². The third-order valence-corrected chi connectivity index (χ3v) is 3.44. The Morgan fingerprint density at radius 3 is 2.88 bits per heavy atom. The zero-order valence-electron chi connectivity index (χ0n) is 9.38. The molecule has 0 spiro atoms. The largest absolute Gasteiger partial charge is 0.422 e. The van der Waals surface area contributed by atoms with Gasteiger partial charge in [0, 0.05) is 11.5 Å². The fourth-order valence-corrected chi connectivity index (χ4v) is 2.61. The molecule has 0 amide bonds. The molecule has 1 aromatic heterocycles. The number of rotatable bonds is 0. The summed E-state index contributed by atoms with van der Waals surface area (Å²) in [6, 6.07) is 5.83. The molecule has 1 aromatic carbocycles. The Morgan fingerprint density at radius 1 is 1.19 bits per heavy atom. The van der Waals surface area contributed by atoms with Gasteiger partial charge in [0.1, 0.15) is 5.58 Å². The molecule has 2 heteroatoms. The summed E-state index contributed by atoms with van der Waals surface area (Å²) in [5.41, 5.74) is 4.21. The number of aryl methyl sites for hydroxylation is 3. The van der Waals surface area contributed by atoms with Crippen LogP contribution >= 0.6 is 0 Å². The Morgan fingerprint density at radius 2 is 2.00 bits per heavy atom. The normalized spacial score (nSPS) is 15.1. The van der Waals surface area contributed by atoms with E-state index in [0.717, 1.165) is 29.4 Å². The van der Waals surface area contributed by atoms with Gasteiger partial charge in [-0.05, 0) is 49.3 Å². The van der Waals surface area contributed by atoms with Crippen molar-refractivity contribution in [3.8, 4) is 0 Å². The quantitative estimate of drug-likeness (QED) is 0.631. The van der Waals surface area contributed by atoms with Crippen molar-refractivity contribution in [3.63, 3.8) is 0 Å². The van der Waals surface area contributed by atoms with Gasteiger partial charge >= 0.3 is 5.63 Å². The van der Waals surface area contributed by atoms with Crippen LogP contribution in [0, 0.1) is 6.92 Å². The van der Waals surface area contributed by atoms with Crippen LogP contribution in [0.4, 0.5) is 0 Å². The summed E-state index contributed by atoms with van der Waals surface area (Å²) in [7, 11) is 0. The van der Waals surface area contributed by atoms with Crippen LogP contribution in [0.1, 0.15) is 29.5 Å². The Bertz CT molecular complexity index is 608. The maximum atomic E-state index is 11.4. The van der Waals surface area contributed by atoms with Crippen LogP contribution in [0.3, 0.4) is 0 Å². The minimum atomic E-state index is -0.232. The number of benzene rings is 1. The van der Waals surface area contributed by atoms with Crippen molar-refractivity contribution in [3.05, 3.63) is 45.3 Å². The molecular formula is C14H14O2. The lowest BCUT2D eigenvalue weighted by Crippen LogP contribution is -2.06. The maximum Gasteiger partial charge on any atom is 0.336 e. The van der Waals surface area contributed by atoms with Crippen LogP contribution < -0.4 is 5.63 Å². The van der Waals surface area contributed by atoms with E-state index >= 15 is 0 Å². The molecule has 0 N–H and O–H groups in total. The first-order valence-electron chi connectivity index (χ1n) is 5.81. The van der Waals surface area contributed by atoms with Gasteiger partial charge in [-0.1, -0.05) is 12.1 Å². The Labute approximate surface area is 93.9 Å². The van der Waals surface area contributed by atoms with Crippen molar-refractivity contribution in [2.45, 2.75) is 32.6 Å². The van der Waals surface area contributed by atoms with E-state index in [1.54, 1.807) is 6.07 Å². The summed E-state index contributed by atoms with van der Waals surface area (Å²) in [6.07, 6.45) is 4.60. The van der Waals surface area contributed by atoms with Gasteiger partial charge in [0.25, 0.3) is 0 Å². The highest BCUT2D eigenvalue weighted by Crippen LogP contribution is 2.29. The monoisotopic (exact) mass is 214 g/mol. The fraction of sp³-hybridized carbons (Fsp3) is 0.357. The second-order valence-corrected chi connectivity index (χ2v) is 4.54. The summed E-state index contributed by atoms with van der Waals surface area (Å²) in [4.78, 5) is 11.4. The smallest absolute Gasteiger partial charge is 0.336 e. The number of fused-ring (bicyclic) bond motifs is 3. The third-order valence-electron chi connectivity index (χ3n) is 3.44. The first-order valence-corrected chi connectivity index (χ1v) is 5.81. The molecule has 1 aliphatic rings. The van der Waals surface area contributed by atoms with Gasteiger partial charge in [0.05, 0.1) is 0 Å². The Balaban J connectivity index is 2.42. The van der Waals surface area contributed by atoms with E-state index in [-0.39, 0.29) is 5.63 Å². The fourth-order valence-electron chi connectivity index (χ4n) is 2.61. The second kappa shape index (κ2) is 3.48. The predicted molar refractivity (Wildman–Crippen MR) is 63.9 cm³/mol. The Kier molecular flexibility index (Phi) is 2.10. The molecule has 0 radical (unpaired) electrons. The first-order chi connectivity index (χ1) is 7.75. The average molecular weight is 214 g/mol. The summed E-state index contributed by atoms with van der Waals surface area (Å²) < 4.78 is 5.39. The molecule has 2 aromatic rings. The molecule has 1 aliphatic carbocycles. The van der Waals surface area contributed by atoms with E-state index in [0.29, 0.717) is 0 Å². The molecule has 3 rings (SSSR count). The first kappa shape index (κ1) is 9.64. The van der Waals surface area contributed by atoms with E-state index in [9.17, 15) is 4.79 Å². The van der Waals surface area contributed by atoms with Crippen molar-refractivity contribution in [1.82, 2.24) is 0 Å². The number of hydrogen-bond acceptors (Lipinski definition) is 2. The van der Waals surface area contributed by atoms with Crippen LogP contribution in [-0.2, 0) is 12.8 Å². The molecule has 0 unspecified atom stereocenters. The van der Waals surface area contributed by atoms with Crippen LogP contribution in [0.25, 0.3) is 11.0 Å². The SMILES string of the molecule is Cc1cc(=O)oc2c3c(ccc12)CCCC3. The standard InChI is InChI=1S/C14H14O2/c1-9-8-13(15)16-14-11(9)7-6-10-4-2-3-5-12(10)14/h6-8H,2-5H2,1H3. The molecule has 2 nitrogen and oxygen atoms in total. The molecule has 1 heterocycles. The van der Waals surface area contributed by atoms with Crippen LogP contribution in [-0.4, -0.2) is 0 Å². The van der Waals surface area contributed by atoms with E-state index < -0.39 is 0 Å². The molecule has 16 heavy (non-hydrogen) atoms. The molecular weight excluding hydrogens is 200 g/mol. The maximum absolute atomic E-state index is 11.4. The van der Waals surface area contributed by atoms with Crippen molar-refractivity contribution in [2.24, 2.45) is 0 Å². The van der Waals surface area contributed by atoms with Gasteiger partial charge in [0.2, 0.25) is 0 Å². The third kappa shape index (κ3) is 1.37. The van der Waals surface area contributed by atoms with Crippen molar-refractivity contribution in [2.75, 3.05) is 0 Å². The number of hydrogen-bond donors (Lipinski definition) is 0. The molecule has 0 saturated carbocycles. The Hall–Kier alpha value is -1.57. The summed E-state index contributed by atoms with van der Waals surface area (Å²) in [6.45, 7) is 1.97. The lowest BCUT2D eigenvalue weighted by Gasteiger charge is -2.16. The molecule has 0 fully saturated rings. The zero-order chi connectivity index (χ0) is 11.1. The summed E-state index contributed by atoms with van der Waals surface area (Å²) >= 11 is 0. The minimum Gasteiger partial charge on any atom is -0.422 e. The highest BCUT2D eigenvalue weighted by molar-refractivity contribution is 5.84. The molecule has 0 atom stereocenters. The lowest BCUT2D eigenvalue weighted by molar-refractivity contribution is 0.549. The van der Waals surface area contributed by atoms with Gasteiger partial charge in [-0.2, -0.15) is 0 Å². The van der Waals surface area contributed by atoms with E-state index in [1.165, 1.54) is 24.0 Å². The van der Waals surface area contributed by atoms with Crippen molar-refractivity contribution >= 4 is 11.0 Å². The lowest BCUT2D eigenvalue weighted by atomic mass is 9.89. The van der Waals surface area contributed by atoms with Crippen molar-refractivity contribution in [1.29, 1.82) is 0 Å². The van der Waals surface area contributed by atoms with Crippen molar-refractivity contribution < 1.29 is 4.42 Å². The summed E-state index contributed by atoms with van der Waals surface area (Å²) in [5, 5.41) is 1.08. The van der Waals surface area contributed by atoms with E-state index in [1.807, 2.05) is 6.92 Å². The van der Waals surface area contributed by atoms with Crippen LogP contribution in [0.2, 0.25) is 0 Å². The summed E-state index contributed by atoms with van der Waals surface area (Å²) in [5.74, 6) is 0. The van der Waals surface area contributed by atoms with E-state index in [2.05, 4.69) is 12.1 Å². The molecule has 0 saturated heterocycles. The topological polar surface area (TPSA) is 30.2 Å². The average Bonchev–Trinajstić information content (AvgIpc) is 2.28. The highest BCUT2D eigenvalue weighted by atomic mass is 16.4. The highest BCUT2D eigenvalue weighted by Gasteiger charge is 2.15. The minimum absolute atomic E-state index is 0.232. The molecule has 0 bridgehead atoms. The predicted octanol–water partition coefficient (Wildman–Crippen LogP) is 2.98. The molecule has 82 valence electrons. The van der Waals surface area contributed by atoms with Crippen LogP contribution in [0.15, 0.2) is 27.4 Å². The van der Waals surface area contributed by atoms with Crippen LogP contribution in [0.5, 0.6) is 0 Å². The van der Waals surface area contributed by atoms with Gasteiger partial charge < -0.3 is 4.42 Å². The zero-order valence-corrected chi connectivity index (χ0v) is 9.38. The van der Waals surface area contributed by atoms with Gasteiger partial charge in [0.15, 0.2) is 0 Å². The van der Waals surface area contributed by atoms with Gasteiger partial charge in [-0.3, -0.25) is 0 Å².